The molecule has 63 heavy (non-hydrogen) atoms. The first-order chi connectivity index (χ1) is 30.8. The Hall–Kier alpha value is -3.77. The standard InChI is InChI=1S/C51H87N7O5/c1-6-10-13-15-17-19-21-25-34-56(9-4)35-28-29-38-57(36-26-22-20-18-16-14-11-7-2)37-27-23-24-33-45(59)52-48-47-49(55-50(54-48)63-39-12-8-3)58(51(61)53-47)42-44-32-30-31-43(40-44)41-46(60)62-5/h30-32,40H,6-29,33-39,41-42H2,1-5H3,(H,53,61)(H,52,54,55,59). The zero-order chi connectivity index (χ0) is 45.3. The van der Waals surface area contributed by atoms with Gasteiger partial charge in [0.2, 0.25) is 5.91 Å². The second kappa shape index (κ2) is 33.7. The number of carbonyl (C=O) groups excluding carboxylic acids is 2. The summed E-state index contributed by atoms with van der Waals surface area (Å²) in [5.41, 5.74) is 1.93. The number of aromatic amines is 1. The number of carbonyl (C=O) groups is 2. The number of nitrogens with zero attached hydrogens (tertiary/aromatic N) is 5. The second-order valence-electron chi connectivity index (χ2n) is 17.6. The van der Waals surface area contributed by atoms with Crippen molar-refractivity contribution in [2.45, 2.75) is 195 Å². The third-order valence-corrected chi connectivity index (χ3v) is 12.2. The molecule has 3 rings (SSSR count). The van der Waals surface area contributed by atoms with Gasteiger partial charge in [-0.2, -0.15) is 9.97 Å². The second-order valence-corrected chi connectivity index (χ2v) is 17.6. The zero-order valence-corrected chi connectivity index (χ0v) is 40.4. The first kappa shape index (κ1) is 53.6. The molecule has 0 saturated carbocycles. The molecule has 1 amide bonds. The number of benzene rings is 1. The topological polar surface area (TPSA) is 135 Å². The van der Waals surface area contributed by atoms with Crippen molar-refractivity contribution in [1.82, 2.24) is 29.3 Å². The van der Waals surface area contributed by atoms with E-state index in [1.807, 2.05) is 24.3 Å². The van der Waals surface area contributed by atoms with E-state index in [0.29, 0.717) is 24.2 Å². The molecule has 0 spiro atoms. The van der Waals surface area contributed by atoms with Gasteiger partial charge >= 0.3 is 17.7 Å². The lowest BCUT2D eigenvalue weighted by Crippen LogP contribution is -2.29. The van der Waals surface area contributed by atoms with Crippen molar-refractivity contribution in [3.63, 3.8) is 0 Å². The van der Waals surface area contributed by atoms with Crippen molar-refractivity contribution in [2.75, 3.05) is 58.3 Å². The molecule has 2 N–H and O–H groups in total. The maximum absolute atomic E-state index is 13.4. The van der Waals surface area contributed by atoms with Gasteiger partial charge in [-0.05, 0) is 95.3 Å². The monoisotopic (exact) mass is 878 g/mol. The maximum atomic E-state index is 13.4. The average molecular weight is 878 g/mol. The predicted molar refractivity (Wildman–Crippen MR) is 260 cm³/mol. The molecule has 356 valence electrons. The fourth-order valence-corrected chi connectivity index (χ4v) is 8.24. The lowest BCUT2D eigenvalue weighted by atomic mass is 10.1. The molecule has 0 aliphatic carbocycles. The predicted octanol–water partition coefficient (Wildman–Crippen LogP) is 11.2. The van der Waals surface area contributed by atoms with E-state index < -0.39 is 0 Å². The molecule has 0 aliphatic rings. The Labute approximate surface area is 381 Å². The highest BCUT2D eigenvalue weighted by atomic mass is 16.5. The maximum Gasteiger partial charge on any atom is 0.328 e. The van der Waals surface area contributed by atoms with Crippen LogP contribution in [-0.2, 0) is 27.3 Å². The number of H-pyrrole nitrogens is 1. The van der Waals surface area contributed by atoms with Gasteiger partial charge in [0.05, 0.1) is 26.7 Å². The van der Waals surface area contributed by atoms with Crippen LogP contribution in [0.3, 0.4) is 0 Å². The molecule has 0 aliphatic heterocycles. The van der Waals surface area contributed by atoms with Crippen LogP contribution in [0.4, 0.5) is 5.82 Å². The number of esters is 1. The number of amides is 1. The minimum absolute atomic E-state index is 0.112. The van der Waals surface area contributed by atoms with Crippen molar-refractivity contribution in [3.05, 3.63) is 45.9 Å². The van der Waals surface area contributed by atoms with Gasteiger partial charge in [0.1, 0.15) is 5.52 Å². The minimum atomic E-state index is -0.378. The number of hydrogen-bond donors (Lipinski definition) is 2. The highest BCUT2D eigenvalue weighted by molar-refractivity contribution is 5.97. The Kier molecular flexibility index (Phi) is 28.7. The number of anilines is 1. The zero-order valence-electron chi connectivity index (χ0n) is 40.4. The first-order valence-electron chi connectivity index (χ1n) is 25.3. The summed E-state index contributed by atoms with van der Waals surface area (Å²) >= 11 is 0. The lowest BCUT2D eigenvalue weighted by Gasteiger charge is -2.24. The van der Waals surface area contributed by atoms with E-state index in [1.54, 1.807) is 0 Å². The van der Waals surface area contributed by atoms with Crippen molar-refractivity contribution in [3.8, 4) is 6.01 Å². The Balaban J connectivity index is 1.53. The van der Waals surface area contributed by atoms with Crippen LogP contribution in [0.2, 0.25) is 0 Å². The Bertz CT molecular complexity index is 1730. The van der Waals surface area contributed by atoms with Crippen LogP contribution >= 0.6 is 0 Å². The highest BCUT2D eigenvalue weighted by Crippen LogP contribution is 2.23. The Morgan fingerprint density at radius 1 is 0.667 bits per heavy atom. The molecular formula is C51H87N7O5. The number of rotatable bonds is 39. The highest BCUT2D eigenvalue weighted by Gasteiger charge is 2.19. The number of imidazole rings is 1. The van der Waals surface area contributed by atoms with E-state index in [0.717, 1.165) is 69.4 Å². The number of aromatic nitrogens is 4. The number of methoxy groups -OCH3 is 1. The molecule has 12 heteroatoms. The van der Waals surface area contributed by atoms with Gasteiger partial charge in [-0.25, -0.2) is 4.79 Å². The molecule has 0 unspecified atom stereocenters. The molecule has 0 atom stereocenters. The van der Waals surface area contributed by atoms with Crippen LogP contribution in [0, 0.1) is 0 Å². The van der Waals surface area contributed by atoms with Gasteiger partial charge in [-0.1, -0.05) is 155 Å². The summed E-state index contributed by atoms with van der Waals surface area (Å²) in [7, 11) is 1.36. The quantitative estimate of drug-likeness (QED) is 0.0424. The van der Waals surface area contributed by atoms with Gasteiger partial charge in [0, 0.05) is 6.42 Å². The summed E-state index contributed by atoms with van der Waals surface area (Å²) in [6.45, 7) is 16.5. The average Bonchev–Trinajstić information content (AvgIpc) is 3.59. The summed E-state index contributed by atoms with van der Waals surface area (Å²) < 4.78 is 12.2. The van der Waals surface area contributed by atoms with Crippen LogP contribution in [0.5, 0.6) is 6.01 Å². The lowest BCUT2D eigenvalue weighted by molar-refractivity contribution is -0.139. The van der Waals surface area contributed by atoms with Crippen molar-refractivity contribution in [1.29, 1.82) is 0 Å². The van der Waals surface area contributed by atoms with Crippen LogP contribution in [0.1, 0.15) is 193 Å². The number of unbranched alkanes of at least 4 members (excludes halogenated alkanes) is 18. The van der Waals surface area contributed by atoms with Crippen molar-refractivity contribution in [2.24, 2.45) is 0 Å². The van der Waals surface area contributed by atoms with E-state index >= 15 is 0 Å². The summed E-state index contributed by atoms with van der Waals surface area (Å²) in [6.07, 6.45) is 29.2. The largest absolute Gasteiger partial charge is 0.469 e. The summed E-state index contributed by atoms with van der Waals surface area (Å²) in [6, 6.07) is 7.58. The third-order valence-electron chi connectivity index (χ3n) is 12.2. The molecule has 12 nitrogen and oxygen atoms in total. The number of nitrogens with one attached hydrogen (secondary N) is 2. The Morgan fingerprint density at radius 3 is 1.76 bits per heavy atom. The van der Waals surface area contributed by atoms with E-state index in [2.05, 4.69) is 57.8 Å². The molecular weight excluding hydrogens is 791 g/mol. The van der Waals surface area contributed by atoms with E-state index in [-0.39, 0.29) is 42.4 Å². The van der Waals surface area contributed by atoms with E-state index in [4.69, 9.17) is 9.47 Å². The van der Waals surface area contributed by atoms with Gasteiger partial charge in [-0.15, -0.1) is 0 Å². The van der Waals surface area contributed by atoms with Gasteiger partial charge in [-0.3, -0.25) is 14.2 Å². The van der Waals surface area contributed by atoms with Crippen molar-refractivity contribution < 1.29 is 19.1 Å². The van der Waals surface area contributed by atoms with Gasteiger partial charge in [0.25, 0.3) is 0 Å². The molecule has 1 aromatic carbocycles. The van der Waals surface area contributed by atoms with E-state index in [1.165, 1.54) is 140 Å². The molecule has 0 bridgehead atoms. The van der Waals surface area contributed by atoms with Gasteiger partial charge in [0.15, 0.2) is 11.5 Å². The molecule has 0 radical (unpaired) electrons. The first-order valence-corrected chi connectivity index (χ1v) is 25.3. The Morgan fingerprint density at radius 2 is 1.19 bits per heavy atom. The fraction of sp³-hybridized carbons (Fsp3) is 0.745. The molecule has 0 fully saturated rings. The SMILES string of the molecule is CCCCCCCCCCN(CC)CCCCN(CCCCCCCCCC)CCCCCC(=O)Nc1nc(OCCCC)nc2c1[nH]c(=O)n2Cc1cccc(CC(=O)OC)c1. The minimum Gasteiger partial charge on any atom is -0.469 e. The number of fused-ring (bicyclic) bond motifs is 1. The third kappa shape index (κ3) is 22.6. The molecule has 3 aromatic rings. The summed E-state index contributed by atoms with van der Waals surface area (Å²) in [5, 5.41) is 2.97. The summed E-state index contributed by atoms with van der Waals surface area (Å²) in [5.74, 6) is -0.247. The number of ether oxygens (including phenoxy) is 2. The summed E-state index contributed by atoms with van der Waals surface area (Å²) in [4.78, 5) is 55.9. The smallest absolute Gasteiger partial charge is 0.328 e. The van der Waals surface area contributed by atoms with E-state index in [9.17, 15) is 14.4 Å². The van der Waals surface area contributed by atoms with Crippen LogP contribution in [0.25, 0.3) is 11.2 Å². The van der Waals surface area contributed by atoms with Gasteiger partial charge < -0.3 is 29.6 Å². The molecule has 0 saturated heterocycles. The van der Waals surface area contributed by atoms with Crippen molar-refractivity contribution >= 4 is 28.9 Å². The fourth-order valence-electron chi connectivity index (χ4n) is 8.24. The number of hydrogen-bond acceptors (Lipinski definition) is 9. The molecule has 2 heterocycles. The van der Waals surface area contributed by atoms with Crippen LogP contribution < -0.4 is 15.7 Å². The van der Waals surface area contributed by atoms with Crippen LogP contribution in [-0.4, -0.2) is 94.2 Å². The van der Waals surface area contributed by atoms with Crippen LogP contribution in [0.15, 0.2) is 29.1 Å². The normalized spacial score (nSPS) is 11.6. The molecule has 2 aromatic heterocycles.